The minimum absolute atomic E-state index is 0.147. The summed E-state index contributed by atoms with van der Waals surface area (Å²) in [6, 6.07) is 2.19. The maximum atomic E-state index is 5.93. The summed E-state index contributed by atoms with van der Waals surface area (Å²) in [4.78, 5) is 4.08. The zero-order valence-electron chi connectivity index (χ0n) is 7.75. The van der Waals surface area contributed by atoms with E-state index in [1.807, 2.05) is 18.5 Å². The van der Waals surface area contributed by atoms with E-state index >= 15 is 0 Å². The molecule has 0 aliphatic heterocycles. The first-order valence-electron chi connectivity index (χ1n) is 4.48. The fourth-order valence-corrected chi connectivity index (χ4v) is 1.31. The molecule has 2 nitrogen and oxygen atoms in total. The van der Waals surface area contributed by atoms with Gasteiger partial charge in [0.2, 0.25) is 0 Å². The van der Waals surface area contributed by atoms with Gasteiger partial charge in [0.05, 0.1) is 0 Å². The van der Waals surface area contributed by atoms with Crippen molar-refractivity contribution < 1.29 is 0 Å². The van der Waals surface area contributed by atoms with Gasteiger partial charge in [-0.2, -0.15) is 0 Å². The monoisotopic (exact) mass is 164 g/mol. The van der Waals surface area contributed by atoms with E-state index in [0.29, 0.717) is 0 Å². The number of hydrogen-bond acceptors (Lipinski definition) is 2. The van der Waals surface area contributed by atoms with Gasteiger partial charge >= 0.3 is 0 Å². The Hall–Kier alpha value is -0.890. The van der Waals surface area contributed by atoms with Gasteiger partial charge in [-0.25, -0.2) is 0 Å². The van der Waals surface area contributed by atoms with E-state index < -0.39 is 0 Å². The Bertz CT molecular complexity index is 245. The highest BCUT2D eigenvalue weighted by Crippen LogP contribution is 2.17. The molecule has 0 amide bonds. The maximum Gasteiger partial charge on any atom is 0.0318 e. The van der Waals surface area contributed by atoms with Gasteiger partial charge in [-0.3, -0.25) is 4.98 Å². The molecule has 66 valence electrons. The number of rotatable bonds is 3. The van der Waals surface area contributed by atoms with E-state index in [9.17, 15) is 0 Å². The van der Waals surface area contributed by atoms with Crippen LogP contribution in [0.2, 0.25) is 0 Å². The molecule has 1 aromatic rings. The molecule has 1 unspecified atom stereocenters. The number of nitrogens with two attached hydrogens (primary N) is 1. The second-order valence-electron chi connectivity index (χ2n) is 2.94. The summed E-state index contributed by atoms with van der Waals surface area (Å²) < 4.78 is 0. The van der Waals surface area contributed by atoms with Gasteiger partial charge in [0, 0.05) is 18.4 Å². The molecule has 1 atom stereocenters. The molecule has 1 heterocycles. The molecule has 0 saturated heterocycles. The van der Waals surface area contributed by atoms with Crippen molar-refractivity contribution in [3.63, 3.8) is 0 Å². The summed E-state index contributed by atoms with van der Waals surface area (Å²) in [5, 5.41) is 0. The quantitative estimate of drug-likeness (QED) is 0.742. The minimum atomic E-state index is 0.147. The summed E-state index contributed by atoms with van der Waals surface area (Å²) in [5.41, 5.74) is 8.45. The first kappa shape index (κ1) is 9.20. The zero-order valence-corrected chi connectivity index (χ0v) is 7.75. The third-order valence-electron chi connectivity index (χ3n) is 2.17. The van der Waals surface area contributed by atoms with Crippen molar-refractivity contribution in [2.45, 2.75) is 32.7 Å². The van der Waals surface area contributed by atoms with Gasteiger partial charge in [-0.1, -0.05) is 13.8 Å². The molecule has 12 heavy (non-hydrogen) atoms. The fourth-order valence-electron chi connectivity index (χ4n) is 1.31. The molecule has 0 spiro atoms. The second kappa shape index (κ2) is 4.21. The van der Waals surface area contributed by atoms with Crippen molar-refractivity contribution >= 4 is 0 Å². The first-order chi connectivity index (χ1) is 5.79. The summed E-state index contributed by atoms with van der Waals surface area (Å²) in [5.74, 6) is 0. The molecule has 0 fully saturated rings. The lowest BCUT2D eigenvalue weighted by atomic mass is 10.0. The van der Waals surface area contributed by atoms with Crippen LogP contribution in [-0.2, 0) is 6.42 Å². The SMILES string of the molecule is CCc1ccncc1C(N)CC. The lowest BCUT2D eigenvalue weighted by Gasteiger charge is -2.12. The summed E-state index contributed by atoms with van der Waals surface area (Å²) in [7, 11) is 0. The average Bonchev–Trinajstić information content (AvgIpc) is 2.16. The standard InChI is InChI=1S/C10H16N2/c1-3-8-5-6-12-7-9(8)10(11)4-2/h5-7,10H,3-4,11H2,1-2H3. The van der Waals surface area contributed by atoms with Gasteiger partial charge < -0.3 is 5.73 Å². The van der Waals surface area contributed by atoms with Crippen LogP contribution in [0.1, 0.15) is 37.4 Å². The smallest absolute Gasteiger partial charge is 0.0318 e. The highest BCUT2D eigenvalue weighted by atomic mass is 14.7. The molecule has 0 aliphatic rings. The molecule has 1 aromatic heterocycles. The van der Waals surface area contributed by atoms with Crippen LogP contribution in [0.5, 0.6) is 0 Å². The zero-order chi connectivity index (χ0) is 8.97. The highest BCUT2D eigenvalue weighted by molar-refractivity contribution is 5.25. The summed E-state index contributed by atoms with van der Waals surface area (Å²) >= 11 is 0. The van der Waals surface area contributed by atoms with Crippen molar-refractivity contribution in [2.75, 3.05) is 0 Å². The first-order valence-corrected chi connectivity index (χ1v) is 4.48. The van der Waals surface area contributed by atoms with Crippen LogP contribution in [-0.4, -0.2) is 4.98 Å². The van der Waals surface area contributed by atoms with Crippen molar-refractivity contribution in [1.29, 1.82) is 0 Å². The van der Waals surface area contributed by atoms with Crippen molar-refractivity contribution in [2.24, 2.45) is 5.73 Å². The topological polar surface area (TPSA) is 38.9 Å². The van der Waals surface area contributed by atoms with Crippen LogP contribution in [0.25, 0.3) is 0 Å². The van der Waals surface area contributed by atoms with Crippen LogP contribution in [0.3, 0.4) is 0 Å². The summed E-state index contributed by atoms with van der Waals surface area (Å²) in [6.07, 6.45) is 5.71. The predicted molar refractivity (Wildman–Crippen MR) is 50.8 cm³/mol. The van der Waals surface area contributed by atoms with Crippen LogP contribution >= 0.6 is 0 Å². The van der Waals surface area contributed by atoms with Gasteiger partial charge in [0.1, 0.15) is 0 Å². The van der Waals surface area contributed by atoms with Crippen molar-refractivity contribution in [3.05, 3.63) is 29.6 Å². The molecule has 0 bridgehead atoms. The molecule has 1 rings (SSSR count). The molecular weight excluding hydrogens is 148 g/mol. The van der Waals surface area contributed by atoms with Crippen LogP contribution in [0, 0.1) is 0 Å². The largest absolute Gasteiger partial charge is 0.324 e. The Morgan fingerprint density at radius 3 is 2.83 bits per heavy atom. The minimum Gasteiger partial charge on any atom is -0.324 e. The number of nitrogens with zero attached hydrogens (tertiary/aromatic N) is 1. The lowest BCUT2D eigenvalue weighted by Crippen LogP contribution is -2.11. The Balaban J connectivity index is 2.96. The number of hydrogen-bond donors (Lipinski definition) is 1. The van der Waals surface area contributed by atoms with Crippen LogP contribution in [0.15, 0.2) is 18.5 Å². The third-order valence-corrected chi connectivity index (χ3v) is 2.17. The van der Waals surface area contributed by atoms with E-state index in [1.54, 1.807) is 0 Å². The van der Waals surface area contributed by atoms with E-state index in [2.05, 4.69) is 18.8 Å². The highest BCUT2D eigenvalue weighted by Gasteiger charge is 2.06. The Labute approximate surface area is 73.8 Å². The van der Waals surface area contributed by atoms with E-state index in [-0.39, 0.29) is 6.04 Å². The van der Waals surface area contributed by atoms with Crippen LogP contribution < -0.4 is 5.73 Å². The summed E-state index contributed by atoms with van der Waals surface area (Å²) in [6.45, 7) is 4.23. The Morgan fingerprint density at radius 2 is 2.25 bits per heavy atom. The van der Waals surface area contributed by atoms with Gasteiger partial charge in [-0.15, -0.1) is 0 Å². The molecule has 0 saturated carbocycles. The Kier molecular flexibility index (Phi) is 3.23. The lowest BCUT2D eigenvalue weighted by molar-refractivity contribution is 0.686. The van der Waals surface area contributed by atoms with Crippen molar-refractivity contribution in [1.82, 2.24) is 4.98 Å². The molecule has 0 aliphatic carbocycles. The maximum absolute atomic E-state index is 5.93. The van der Waals surface area contributed by atoms with E-state index in [0.717, 1.165) is 12.8 Å². The number of aryl methyl sites for hydroxylation is 1. The van der Waals surface area contributed by atoms with Gasteiger partial charge in [0.25, 0.3) is 0 Å². The van der Waals surface area contributed by atoms with Gasteiger partial charge in [-0.05, 0) is 30.0 Å². The van der Waals surface area contributed by atoms with E-state index in [4.69, 9.17) is 5.73 Å². The Morgan fingerprint density at radius 1 is 1.50 bits per heavy atom. The predicted octanol–water partition coefficient (Wildman–Crippen LogP) is 2.05. The van der Waals surface area contributed by atoms with Crippen molar-refractivity contribution in [3.8, 4) is 0 Å². The molecule has 0 radical (unpaired) electrons. The van der Waals surface area contributed by atoms with Gasteiger partial charge in [0.15, 0.2) is 0 Å². The fraction of sp³-hybridized carbons (Fsp3) is 0.500. The second-order valence-corrected chi connectivity index (χ2v) is 2.94. The number of aromatic nitrogens is 1. The molecular formula is C10H16N2. The molecule has 2 N–H and O–H groups in total. The molecule has 0 aromatic carbocycles. The average molecular weight is 164 g/mol. The number of pyridine rings is 1. The molecule has 2 heteroatoms. The third kappa shape index (κ3) is 1.83. The van der Waals surface area contributed by atoms with E-state index in [1.165, 1.54) is 11.1 Å². The van der Waals surface area contributed by atoms with Crippen LogP contribution in [0.4, 0.5) is 0 Å². The normalized spacial score (nSPS) is 12.9.